The molecule has 1 atom stereocenters. The number of hydrazine groups is 1. The molecule has 2 aromatic rings. The lowest BCUT2D eigenvalue weighted by Crippen LogP contribution is -2.51. The molecule has 2 heterocycles. The Kier molecular flexibility index (Phi) is 9.68. The van der Waals surface area contributed by atoms with Gasteiger partial charge in [0.2, 0.25) is 0 Å². The number of amides is 1. The lowest BCUT2D eigenvalue weighted by Gasteiger charge is -2.30. The van der Waals surface area contributed by atoms with E-state index in [-0.39, 0.29) is 11.8 Å². The van der Waals surface area contributed by atoms with Gasteiger partial charge in [-0.25, -0.2) is 5.01 Å². The van der Waals surface area contributed by atoms with E-state index in [1.165, 1.54) is 5.56 Å². The molecule has 2 aliphatic heterocycles. The fourth-order valence-electron chi connectivity index (χ4n) is 4.49. The summed E-state index contributed by atoms with van der Waals surface area (Å²) in [5.74, 6) is -0.000214. The number of anilines is 1. The molecule has 1 amide bonds. The van der Waals surface area contributed by atoms with Crippen molar-refractivity contribution < 1.29 is 9.53 Å². The average molecular weight is 550 g/mol. The van der Waals surface area contributed by atoms with Crippen molar-refractivity contribution in [1.29, 1.82) is 0 Å². The molecule has 2 aromatic carbocycles. The number of hydrogen-bond acceptors (Lipinski definition) is 5. The Bertz CT molecular complexity index is 1100. The summed E-state index contributed by atoms with van der Waals surface area (Å²) >= 11 is 19.1. The number of rotatable bonds is 5. The lowest BCUT2D eigenvalue weighted by atomic mass is 9.92. The van der Waals surface area contributed by atoms with Gasteiger partial charge >= 0.3 is 0 Å². The maximum Gasteiger partial charge on any atom is 0.286 e. The fourth-order valence-corrected chi connectivity index (χ4v) is 5.00. The number of nitrogens with zero attached hydrogens (tertiary/aromatic N) is 3. The largest absolute Gasteiger partial charge is 0.379 e. The number of nitrogens with one attached hydrogen (secondary N) is 1. The molecular formula is C27H31Cl3N4O2. The van der Waals surface area contributed by atoms with E-state index in [0.717, 1.165) is 30.7 Å². The zero-order valence-electron chi connectivity index (χ0n) is 20.2. The highest BCUT2D eigenvalue weighted by molar-refractivity contribution is 6.45. The van der Waals surface area contributed by atoms with E-state index in [4.69, 9.17) is 44.6 Å². The average Bonchev–Trinajstić information content (AvgIpc) is 2.87. The number of halogens is 3. The summed E-state index contributed by atoms with van der Waals surface area (Å²) in [4.78, 5) is 13.4. The number of benzene rings is 2. The second-order valence-corrected chi connectivity index (χ2v) is 10.5. The van der Waals surface area contributed by atoms with Gasteiger partial charge in [0.05, 0.1) is 23.9 Å². The van der Waals surface area contributed by atoms with E-state index >= 15 is 0 Å². The van der Waals surface area contributed by atoms with Crippen LogP contribution in [0.1, 0.15) is 31.2 Å². The molecule has 9 heteroatoms. The predicted octanol–water partition coefficient (Wildman–Crippen LogP) is 6.16. The maximum atomic E-state index is 13.4. The number of ether oxygens (including phenoxy) is 1. The van der Waals surface area contributed by atoms with Crippen LogP contribution in [0.5, 0.6) is 0 Å². The van der Waals surface area contributed by atoms with Crippen LogP contribution in [0.15, 0.2) is 59.7 Å². The van der Waals surface area contributed by atoms with E-state index < -0.39 is 0 Å². The maximum absolute atomic E-state index is 13.4. The van der Waals surface area contributed by atoms with Crippen molar-refractivity contribution in [1.82, 2.24) is 10.4 Å². The Hall–Kier alpha value is -2.09. The first kappa shape index (κ1) is 27.0. The summed E-state index contributed by atoms with van der Waals surface area (Å²) in [5.41, 5.74) is 5.87. The molecular weight excluding hydrogens is 519 g/mol. The molecule has 36 heavy (non-hydrogen) atoms. The molecule has 0 bridgehead atoms. The highest BCUT2D eigenvalue weighted by Gasteiger charge is 2.25. The monoisotopic (exact) mass is 548 g/mol. The molecule has 1 fully saturated rings. The first-order valence-corrected chi connectivity index (χ1v) is 13.4. The molecule has 0 aromatic heterocycles. The summed E-state index contributed by atoms with van der Waals surface area (Å²) in [6.45, 7) is 7.18. The standard InChI is InChI=1S/C27H31Cl3N4O2/c1-19-4-2-3-5-21(16-20-6-8-22(28)9-7-20)18-34(25-17-23(29)10-11-24(25)30)31-26(19)27(35)32-33-12-14-36-15-13-33/h6-11,17,21H,1-5,12-16,18H2,(H,32,35). The Morgan fingerprint density at radius 2 is 1.78 bits per heavy atom. The van der Waals surface area contributed by atoms with Gasteiger partial charge in [0.1, 0.15) is 0 Å². The van der Waals surface area contributed by atoms with Gasteiger partial charge in [-0.2, -0.15) is 5.10 Å². The van der Waals surface area contributed by atoms with Gasteiger partial charge in [0.15, 0.2) is 5.71 Å². The molecule has 0 aliphatic carbocycles. The Labute approximate surface area is 227 Å². The van der Waals surface area contributed by atoms with Crippen molar-refractivity contribution in [2.75, 3.05) is 37.9 Å². The minimum absolute atomic E-state index is 0.278. The summed E-state index contributed by atoms with van der Waals surface area (Å²) in [6, 6.07) is 13.2. The molecule has 4 rings (SSSR count). The van der Waals surface area contributed by atoms with Crippen LogP contribution >= 0.6 is 34.8 Å². The second-order valence-electron chi connectivity index (χ2n) is 9.21. The smallest absolute Gasteiger partial charge is 0.286 e. The minimum Gasteiger partial charge on any atom is -0.379 e. The summed E-state index contributed by atoms with van der Waals surface area (Å²) < 4.78 is 5.40. The molecule has 1 unspecified atom stereocenters. The van der Waals surface area contributed by atoms with Crippen molar-refractivity contribution in [2.24, 2.45) is 11.0 Å². The molecule has 6 nitrogen and oxygen atoms in total. The number of carbonyl (C=O) groups excluding carboxylic acids is 1. The van der Waals surface area contributed by atoms with Crippen molar-refractivity contribution in [2.45, 2.75) is 32.1 Å². The van der Waals surface area contributed by atoms with Crippen LogP contribution in [0.2, 0.25) is 15.1 Å². The number of hydrogen-bond donors (Lipinski definition) is 1. The van der Waals surface area contributed by atoms with E-state index in [1.54, 1.807) is 18.2 Å². The normalized spacial score (nSPS) is 20.1. The SMILES string of the molecule is C=C1CCCCC(Cc2ccc(Cl)cc2)CN(c2cc(Cl)ccc2Cl)N=C1C(=O)NN1CCOCC1. The van der Waals surface area contributed by atoms with E-state index in [2.05, 4.69) is 24.1 Å². The van der Waals surface area contributed by atoms with Gasteiger partial charge in [-0.3, -0.25) is 15.2 Å². The van der Waals surface area contributed by atoms with Gasteiger partial charge in [-0.05, 0) is 73.1 Å². The zero-order valence-corrected chi connectivity index (χ0v) is 22.5. The van der Waals surface area contributed by atoms with Crippen LogP contribution in [0.3, 0.4) is 0 Å². The summed E-state index contributed by atoms with van der Waals surface area (Å²) in [6.07, 6.45) is 4.53. The van der Waals surface area contributed by atoms with Crippen LogP contribution < -0.4 is 10.4 Å². The van der Waals surface area contributed by atoms with Crippen LogP contribution in [-0.4, -0.2) is 49.5 Å². The van der Waals surface area contributed by atoms with Crippen LogP contribution in [-0.2, 0) is 16.0 Å². The summed E-state index contributed by atoms with van der Waals surface area (Å²) in [7, 11) is 0. The van der Waals surface area contributed by atoms with Crippen molar-refractivity contribution in [3.63, 3.8) is 0 Å². The molecule has 1 saturated heterocycles. The van der Waals surface area contributed by atoms with Gasteiger partial charge in [-0.1, -0.05) is 59.9 Å². The van der Waals surface area contributed by atoms with Crippen LogP contribution in [0, 0.1) is 5.92 Å². The highest BCUT2D eigenvalue weighted by Crippen LogP contribution is 2.32. The van der Waals surface area contributed by atoms with E-state index in [9.17, 15) is 4.79 Å². The predicted molar refractivity (Wildman–Crippen MR) is 148 cm³/mol. The quantitative estimate of drug-likeness (QED) is 0.485. The van der Waals surface area contributed by atoms with E-state index in [0.29, 0.717) is 66.3 Å². The fraction of sp³-hybridized carbons (Fsp3) is 0.407. The third-order valence-corrected chi connectivity index (χ3v) is 7.24. The Balaban J connectivity index is 1.67. The molecule has 2 aliphatic rings. The van der Waals surface area contributed by atoms with Gasteiger partial charge in [0.25, 0.3) is 5.91 Å². The number of hydrazone groups is 1. The van der Waals surface area contributed by atoms with Crippen molar-refractivity contribution in [3.05, 3.63) is 75.2 Å². The third-order valence-electron chi connectivity index (χ3n) is 6.44. The third kappa shape index (κ3) is 7.46. The van der Waals surface area contributed by atoms with Crippen molar-refractivity contribution >= 4 is 52.1 Å². The van der Waals surface area contributed by atoms with E-state index in [1.807, 2.05) is 22.2 Å². The first-order valence-electron chi connectivity index (χ1n) is 12.3. The zero-order chi connectivity index (χ0) is 25.5. The first-order chi connectivity index (χ1) is 17.4. The molecule has 0 saturated carbocycles. The Morgan fingerprint density at radius 1 is 1.06 bits per heavy atom. The molecule has 0 radical (unpaired) electrons. The highest BCUT2D eigenvalue weighted by atomic mass is 35.5. The number of morpholine rings is 1. The van der Waals surface area contributed by atoms with Crippen LogP contribution in [0.25, 0.3) is 0 Å². The minimum atomic E-state index is -0.278. The van der Waals surface area contributed by atoms with Crippen LogP contribution in [0.4, 0.5) is 5.69 Å². The van der Waals surface area contributed by atoms with Gasteiger partial charge < -0.3 is 4.74 Å². The molecule has 192 valence electrons. The molecule has 0 spiro atoms. The second kappa shape index (κ2) is 12.9. The summed E-state index contributed by atoms with van der Waals surface area (Å²) in [5, 5.41) is 10.3. The number of carbonyl (C=O) groups is 1. The lowest BCUT2D eigenvalue weighted by molar-refractivity contribution is -0.121. The topological polar surface area (TPSA) is 57.2 Å². The molecule has 1 N–H and O–H groups in total. The van der Waals surface area contributed by atoms with Crippen molar-refractivity contribution in [3.8, 4) is 0 Å². The Morgan fingerprint density at radius 3 is 2.53 bits per heavy atom. The van der Waals surface area contributed by atoms with Gasteiger partial charge in [-0.15, -0.1) is 0 Å². The van der Waals surface area contributed by atoms with Gasteiger partial charge in [0, 0.05) is 29.7 Å².